The van der Waals surface area contributed by atoms with Gasteiger partial charge in [-0.15, -0.1) is 0 Å². The zero-order valence-electron chi connectivity index (χ0n) is 12.9. The second kappa shape index (κ2) is 6.24. The molecule has 1 fully saturated rings. The molecule has 1 aliphatic rings. The molecule has 4 nitrogen and oxygen atoms in total. The van der Waals surface area contributed by atoms with Crippen molar-refractivity contribution in [1.82, 2.24) is 9.97 Å². The first kappa shape index (κ1) is 15.1. The fraction of sp³-hybridized carbons (Fsp3) is 0.222. The number of rotatable bonds is 5. The van der Waals surface area contributed by atoms with Gasteiger partial charge in [0.05, 0.1) is 10.5 Å². The summed E-state index contributed by atoms with van der Waals surface area (Å²) in [5, 5.41) is 7.56. The molecule has 0 amide bonds. The summed E-state index contributed by atoms with van der Waals surface area (Å²) < 4.78 is 13.3. The molecule has 2 N–H and O–H groups in total. The number of anilines is 3. The number of benzene rings is 2. The molecule has 6 heteroatoms. The number of nitrogens with one attached hydrogen (secondary N) is 2. The van der Waals surface area contributed by atoms with Crippen LogP contribution in [0.4, 0.5) is 21.8 Å². The van der Waals surface area contributed by atoms with Gasteiger partial charge >= 0.3 is 0 Å². The fourth-order valence-corrected chi connectivity index (χ4v) is 2.71. The Hall–Kier alpha value is -2.40. The molecule has 0 bridgehead atoms. The van der Waals surface area contributed by atoms with Gasteiger partial charge in [-0.25, -0.2) is 9.37 Å². The van der Waals surface area contributed by atoms with E-state index in [0.717, 1.165) is 29.2 Å². The van der Waals surface area contributed by atoms with Crippen LogP contribution in [0, 0.1) is 11.7 Å². The van der Waals surface area contributed by atoms with E-state index in [0.29, 0.717) is 11.6 Å². The van der Waals surface area contributed by atoms with Crippen LogP contribution in [0.3, 0.4) is 0 Å². The summed E-state index contributed by atoms with van der Waals surface area (Å²) >= 11 is 5.83. The third kappa shape index (κ3) is 3.26. The average Bonchev–Trinajstić information content (AvgIpc) is 3.40. The van der Waals surface area contributed by atoms with E-state index in [1.807, 2.05) is 24.3 Å². The maximum absolute atomic E-state index is 13.3. The molecule has 0 aliphatic heterocycles. The molecule has 24 heavy (non-hydrogen) atoms. The lowest BCUT2D eigenvalue weighted by Crippen LogP contribution is -2.08. The van der Waals surface area contributed by atoms with Crippen LogP contribution in [-0.4, -0.2) is 16.5 Å². The third-order valence-electron chi connectivity index (χ3n) is 4.03. The van der Waals surface area contributed by atoms with Gasteiger partial charge in [0, 0.05) is 17.6 Å². The Morgan fingerprint density at radius 3 is 2.75 bits per heavy atom. The average molecular weight is 343 g/mol. The van der Waals surface area contributed by atoms with E-state index in [9.17, 15) is 4.39 Å². The van der Waals surface area contributed by atoms with E-state index in [1.54, 1.807) is 6.07 Å². The molecular weight excluding hydrogens is 327 g/mol. The third-order valence-corrected chi connectivity index (χ3v) is 4.32. The Morgan fingerprint density at radius 1 is 1.12 bits per heavy atom. The Kier molecular flexibility index (Phi) is 3.94. The number of para-hydroxylation sites is 1. The van der Waals surface area contributed by atoms with Crippen LogP contribution in [0.2, 0.25) is 5.02 Å². The number of fused-ring (bicyclic) bond motifs is 1. The SMILES string of the molecule is Fc1ccc(Nc2nc(NCC3CC3)c3ccccc3n2)cc1Cl. The second-order valence-corrected chi connectivity index (χ2v) is 6.40. The molecule has 0 spiro atoms. The van der Waals surface area contributed by atoms with Gasteiger partial charge in [0.1, 0.15) is 11.6 Å². The highest BCUT2D eigenvalue weighted by Crippen LogP contribution is 2.30. The molecule has 3 aromatic rings. The maximum Gasteiger partial charge on any atom is 0.229 e. The second-order valence-electron chi connectivity index (χ2n) is 5.99. The highest BCUT2D eigenvalue weighted by Gasteiger charge is 2.21. The van der Waals surface area contributed by atoms with Gasteiger partial charge < -0.3 is 10.6 Å². The van der Waals surface area contributed by atoms with Gasteiger partial charge in [-0.3, -0.25) is 0 Å². The van der Waals surface area contributed by atoms with E-state index >= 15 is 0 Å². The van der Waals surface area contributed by atoms with Gasteiger partial charge in [-0.2, -0.15) is 4.98 Å². The summed E-state index contributed by atoms with van der Waals surface area (Å²) in [5.41, 5.74) is 1.49. The molecule has 0 atom stereocenters. The predicted molar refractivity (Wildman–Crippen MR) is 95.4 cm³/mol. The normalized spacial score (nSPS) is 13.9. The lowest BCUT2D eigenvalue weighted by atomic mass is 10.2. The summed E-state index contributed by atoms with van der Waals surface area (Å²) in [4.78, 5) is 9.10. The molecule has 2 aromatic carbocycles. The molecule has 4 rings (SSSR count). The van der Waals surface area contributed by atoms with Gasteiger partial charge in [-0.1, -0.05) is 23.7 Å². The topological polar surface area (TPSA) is 49.8 Å². The Labute approximate surface area is 144 Å². The highest BCUT2D eigenvalue weighted by molar-refractivity contribution is 6.31. The van der Waals surface area contributed by atoms with Gasteiger partial charge in [0.15, 0.2) is 0 Å². The predicted octanol–water partition coefficient (Wildman–Crippen LogP) is 4.99. The Bertz CT molecular complexity index is 895. The largest absolute Gasteiger partial charge is 0.369 e. The van der Waals surface area contributed by atoms with Crippen molar-refractivity contribution in [2.24, 2.45) is 5.92 Å². The Morgan fingerprint density at radius 2 is 1.96 bits per heavy atom. The van der Waals surface area contributed by atoms with E-state index in [4.69, 9.17) is 11.6 Å². The van der Waals surface area contributed by atoms with E-state index in [-0.39, 0.29) is 5.02 Å². The Balaban J connectivity index is 1.67. The van der Waals surface area contributed by atoms with Crippen molar-refractivity contribution in [3.05, 3.63) is 53.3 Å². The van der Waals surface area contributed by atoms with Crippen molar-refractivity contribution in [3.63, 3.8) is 0 Å². The van der Waals surface area contributed by atoms with Crippen molar-refractivity contribution < 1.29 is 4.39 Å². The minimum absolute atomic E-state index is 0.0628. The number of hydrogen-bond acceptors (Lipinski definition) is 4. The van der Waals surface area contributed by atoms with Crippen LogP contribution in [0.5, 0.6) is 0 Å². The monoisotopic (exact) mass is 342 g/mol. The van der Waals surface area contributed by atoms with Crippen molar-refractivity contribution in [2.45, 2.75) is 12.8 Å². The quantitative estimate of drug-likeness (QED) is 0.686. The lowest BCUT2D eigenvalue weighted by Gasteiger charge is -2.12. The fourth-order valence-electron chi connectivity index (χ4n) is 2.53. The van der Waals surface area contributed by atoms with Crippen LogP contribution in [0.15, 0.2) is 42.5 Å². The molecule has 1 heterocycles. The highest BCUT2D eigenvalue weighted by atomic mass is 35.5. The molecule has 0 radical (unpaired) electrons. The van der Waals surface area contributed by atoms with Crippen LogP contribution >= 0.6 is 11.6 Å². The maximum atomic E-state index is 13.3. The molecule has 0 unspecified atom stereocenters. The van der Waals surface area contributed by atoms with Crippen molar-refractivity contribution >= 4 is 40.0 Å². The minimum Gasteiger partial charge on any atom is -0.369 e. The first-order valence-electron chi connectivity index (χ1n) is 7.92. The zero-order chi connectivity index (χ0) is 16.5. The summed E-state index contributed by atoms with van der Waals surface area (Å²) in [6, 6.07) is 12.3. The summed E-state index contributed by atoms with van der Waals surface area (Å²) in [7, 11) is 0. The van der Waals surface area contributed by atoms with Crippen molar-refractivity contribution in [1.29, 1.82) is 0 Å². The van der Waals surface area contributed by atoms with Crippen LogP contribution < -0.4 is 10.6 Å². The number of halogens is 2. The summed E-state index contributed by atoms with van der Waals surface area (Å²) in [5.74, 6) is 1.55. The smallest absolute Gasteiger partial charge is 0.229 e. The molecule has 1 aliphatic carbocycles. The van der Waals surface area contributed by atoms with Gasteiger partial charge in [0.2, 0.25) is 5.95 Å². The minimum atomic E-state index is -0.451. The summed E-state index contributed by atoms with van der Waals surface area (Å²) in [6.07, 6.45) is 2.55. The standard InChI is InChI=1S/C18H16ClFN4/c19-14-9-12(7-8-15(14)20)22-18-23-16-4-2-1-3-13(16)17(24-18)21-10-11-5-6-11/h1-4,7-9,11H,5-6,10H2,(H2,21,22,23,24). The van der Waals surface area contributed by atoms with E-state index < -0.39 is 5.82 Å². The van der Waals surface area contributed by atoms with Crippen LogP contribution in [0.25, 0.3) is 10.9 Å². The summed E-state index contributed by atoms with van der Waals surface area (Å²) in [6.45, 7) is 0.919. The van der Waals surface area contributed by atoms with E-state index in [1.165, 1.54) is 25.0 Å². The molecule has 122 valence electrons. The number of aromatic nitrogens is 2. The molecule has 0 saturated heterocycles. The van der Waals surface area contributed by atoms with Crippen molar-refractivity contribution in [3.8, 4) is 0 Å². The van der Waals surface area contributed by atoms with E-state index in [2.05, 4.69) is 20.6 Å². The van der Waals surface area contributed by atoms with Crippen LogP contribution in [0.1, 0.15) is 12.8 Å². The van der Waals surface area contributed by atoms with Gasteiger partial charge in [0.25, 0.3) is 0 Å². The first-order chi connectivity index (χ1) is 11.7. The van der Waals surface area contributed by atoms with Crippen LogP contribution in [-0.2, 0) is 0 Å². The van der Waals surface area contributed by atoms with Crippen molar-refractivity contribution in [2.75, 3.05) is 17.2 Å². The molecular formula is C18H16ClFN4. The molecule has 1 aromatic heterocycles. The van der Waals surface area contributed by atoms with Gasteiger partial charge in [-0.05, 0) is 49.1 Å². The molecule has 1 saturated carbocycles. The first-order valence-corrected chi connectivity index (χ1v) is 8.29. The number of nitrogens with zero attached hydrogens (tertiary/aromatic N) is 2. The number of hydrogen-bond donors (Lipinski definition) is 2. The lowest BCUT2D eigenvalue weighted by molar-refractivity contribution is 0.628. The zero-order valence-corrected chi connectivity index (χ0v) is 13.6.